The van der Waals surface area contributed by atoms with Crippen molar-refractivity contribution < 1.29 is 27.9 Å². The highest BCUT2D eigenvalue weighted by Crippen LogP contribution is 2.33. The molecule has 0 saturated heterocycles. The Labute approximate surface area is 188 Å². The Bertz CT molecular complexity index is 1070. The molecule has 0 heterocycles. The van der Waals surface area contributed by atoms with Gasteiger partial charge in [-0.25, -0.2) is 13.2 Å². The average Bonchev–Trinajstić information content (AvgIpc) is 3.60. The minimum Gasteiger partial charge on any atom is -0.478 e. The fraction of sp³-hybridized carbons (Fsp3) is 0.417. The predicted octanol–water partition coefficient (Wildman–Crippen LogP) is 3.74. The normalized spacial score (nSPS) is 15.9. The molecule has 1 fully saturated rings. The first-order valence-electron chi connectivity index (χ1n) is 10.7. The van der Waals surface area contributed by atoms with Crippen molar-refractivity contribution in [2.45, 2.75) is 62.5 Å². The van der Waals surface area contributed by atoms with Crippen LogP contribution in [0.15, 0.2) is 53.4 Å². The molecule has 1 aliphatic carbocycles. The number of sulfone groups is 1. The van der Waals surface area contributed by atoms with Crippen LogP contribution in [0, 0.1) is 5.92 Å². The fourth-order valence-electron chi connectivity index (χ4n) is 3.43. The van der Waals surface area contributed by atoms with Crippen LogP contribution in [0.25, 0.3) is 0 Å². The first-order valence-corrected chi connectivity index (χ1v) is 12.2. The van der Waals surface area contributed by atoms with Crippen LogP contribution in [0.1, 0.15) is 61.1 Å². The van der Waals surface area contributed by atoms with Crippen LogP contribution in [-0.4, -0.2) is 36.8 Å². The van der Waals surface area contributed by atoms with E-state index in [9.17, 15) is 18.0 Å². The molecule has 32 heavy (non-hydrogen) atoms. The van der Waals surface area contributed by atoms with Crippen molar-refractivity contribution in [1.82, 2.24) is 5.32 Å². The monoisotopic (exact) mass is 459 g/mol. The van der Waals surface area contributed by atoms with Crippen molar-refractivity contribution in [2.75, 3.05) is 0 Å². The maximum Gasteiger partial charge on any atom is 0.335 e. The fourth-order valence-corrected chi connectivity index (χ4v) is 5.16. The zero-order chi connectivity index (χ0) is 23.5. The summed E-state index contributed by atoms with van der Waals surface area (Å²) in [5.74, 6) is -1.39. The van der Waals surface area contributed by atoms with Crippen molar-refractivity contribution >= 4 is 21.7 Å². The lowest BCUT2D eigenvalue weighted by Crippen LogP contribution is -2.40. The summed E-state index contributed by atoms with van der Waals surface area (Å²) in [4.78, 5) is 24.2. The summed E-state index contributed by atoms with van der Waals surface area (Å²) in [6.07, 6.45) is 0.686. The van der Waals surface area contributed by atoms with E-state index in [0.29, 0.717) is 23.3 Å². The van der Waals surface area contributed by atoms with Crippen LogP contribution in [0.3, 0.4) is 0 Å². The second kappa shape index (κ2) is 9.83. The summed E-state index contributed by atoms with van der Waals surface area (Å²) < 4.78 is 30.9. The van der Waals surface area contributed by atoms with E-state index in [1.807, 2.05) is 20.8 Å². The lowest BCUT2D eigenvalue weighted by Gasteiger charge is -2.24. The molecule has 2 aromatic rings. The second-order valence-corrected chi connectivity index (χ2v) is 10.8. The number of hydrogen-bond acceptors (Lipinski definition) is 5. The maximum absolute atomic E-state index is 12.9. The molecule has 2 aromatic carbocycles. The van der Waals surface area contributed by atoms with Crippen molar-refractivity contribution in [3.05, 3.63) is 65.2 Å². The second-order valence-electron chi connectivity index (χ2n) is 8.52. The van der Waals surface area contributed by atoms with E-state index >= 15 is 0 Å². The molecule has 0 radical (unpaired) electrons. The quantitative estimate of drug-likeness (QED) is 0.560. The Balaban J connectivity index is 1.64. The molecule has 172 valence electrons. The van der Waals surface area contributed by atoms with Gasteiger partial charge in [-0.05, 0) is 61.1 Å². The summed E-state index contributed by atoms with van der Waals surface area (Å²) in [6, 6.07) is 12.7. The predicted molar refractivity (Wildman–Crippen MR) is 120 cm³/mol. The molecule has 8 heteroatoms. The van der Waals surface area contributed by atoms with Crippen molar-refractivity contribution in [3.63, 3.8) is 0 Å². The zero-order valence-electron chi connectivity index (χ0n) is 18.4. The number of aromatic carboxylic acids is 1. The molecule has 1 aliphatic rings. The topological polar surface area (TPSA) is 110 Å². The molecule has 1 saturated carbocycles. The standard InChI is InChI=1S/C24H29NO6S/c1-15(2)22(23(26)25-16(3)18-7-9-19(10-8-18)24(27)28)31-14-17-5-4-6-21(13-17)32(29,30)20-11-12-20/h4-10,13,15-16,20,22H,11-12,14H2,1-3H3,(H,25,26)(H,27,28)/t16-,22+/m0/s1. The van der Waals surface area contributed by atoms with Crippen molar-refractivity contribution in [1.29, 1.82) is 0 Å². The van der Waals surface area contributed by atoms with Gasteiger partial charge in [0.1, 0.15) is 6.10 Å². The van der Waals surface area contributed by atoms with Crippen LogP contribution in [0.4, 0.5) is 0 Å². The number of amides is 1. The van der Waals surface area contributed by atoms with Crippen LogP contribution in [0.2, 0.25) is 0 Å². The minimum absolute atomic E-state index is 0.102. The Kier molecular flexibility index (Phi) is 7.36. The van der Waals surface area contributed by atoms with Gasteiger partial charge in [-0.15, -0.1) is 0 Å². The summed E-state index contributed by atoms with van der Waals surface area (Å²) >= 11 is 0. The van der Waals surface area contributed by atoms with Gasteiger partial charge in [-0.3, -0.25) is 4.79 Å². The number of rotatable bonds is 10. The van der Waals surface area contributed by atoms with E-state index in [1.165, 1.54) is 12.1 Å². The van der Waals surface area contributed by atoms with Crippen LogP contribution >= 0.6 is 0 Å². The van der Waals surface area contributed by atoms with Gasteiger partial charge in [-0.2, -0.15) is 0 Å². The Morgan fingerprint density at radius 1 is 1.09 bits per heavy atom. The number of benzene rings is 2. The van der Waals surface area contributed by atoms with E-state index in [1.54, 1.807) is 36.4 Å². The highest BCUT2D eigenvalue weighted by Gasteiger charge is 2.36. The molecule has 2 atom stereocenters. The molecule has 0 bridgehead atoms. The number of nitrogens with one attached hydrogen (secondary N) is 1. The molecule has 7 nitrogen and oxygen atoms in total. The molecule has 0 aromatic heterocycles. The molecule has 2 N–H and O–H groups in total. The molecule has 3 rings (SSSR count). The van der Waals surface area contributed by atoms with E-state index in [2.05, 4.69) is 5.32 Å². The van der Waals surface area contributed by atoms with E-state index in [-0.39, 0.29) is 35.3 Å². The van der Waals surface area contributed by atoms with Crippen molar-refractivity contribution in [2.24, 2.45) is 5.92 Å². The number of hydrogen-bond donors (Lipinski definition) is 2. The molecular weight excluding hydrogens is 430 g/mol. The van der Waals surface area contributed by atoms with E-state index in [0.717, 1.165) is 5.56 Å². The summed E-state index contributed by atoms with van der Waals surface area (Å²) in [7, 11) is -3.29. The zero-order valence-corrected chi connectivity index (χ0v) is 19.3. The number of ether oxygens (including phenoxy) is 1. The number of carboxylic acid groups (broad SMARTS) is 1. The van der Waals surface area contributed by atoms with Crippen molar-refractivity contribution in [3.8, 4) is 0 Å². The van der Waals surface area contributed by atoms with Gasteiger partial charge in [-0.1, -0.05) is 38.1 Å². The molecule has 1 amide bonds. The van der Waals surface area contributed by atoms with Gasteiger partial charge in [0.15, 0.2) is 9.84 Å². The Hall–Kier alpha value is -2.71. The lowest BCUT2D eigenvalue weighted by atomic mass is 10.0. The van der Waals surface area contributed by atoms with Gasteiger partial charge in [0, 0.05) is 0 Å². The van der Waals surface area contributed by atoms with Gasteiger partial charge in [0.2, 0.25) is 5.91 Å². The highest BCUT2D eigenvalue weighted by atomic mass is 32.2. The summed E-state index contributed by atoms with van der Waals surface area (Å²) in [5, 5.41) is 11.7. The van der Waals surface area contributed by atoms with Gasteiger partial charge >= 0.3 is 5.97 Å². The molecule has 0 unspecified atom stereocenters. The Morgan fingerprint density at radius 2 is 1.75 bits per heavy atom. The van der Waals surface area contributed by atoms with E-state index < -0.39 is 21.9 Å². The number of carbonyl (C=O) groups excluding carboxylic acids is 1. The minimum atomic E-state index is -3.29. The van der Waals surface area contributed by atoms with Crippen LogP contribution < -0.4 is 5.32 Å². The molecular formula is C24H29NO6S. The smallest absolute Gasteiger partial charge is 0.335 e. The SMILES string of the molecule is CC(C)[C@@H](OCc1cccc(S(=O)(=O)C2CC2)c1)C(=O)N[C@@H](C)c1ccc(C(=O)O)cc1. The van der Waals surface area contributed by atoms with Gasteiger partial charge < -0.3 is 15.2 Å². The van der Waals surface area contributed by atoms with Gasteiger partial charge in [0.05, 0.1) is 28.4 Å². The Morgan fingerprint density at radius 3 is 2.31 bits per heavy atom. The summed E-state index contributed by atoms with van der Waals surface area (Å²) in [5.41, 5.74) is 1.66. The first-order chi connectivity index (χ1) is 15.1. The average molecular weight is 460 g/mol. The number of carbonyl (C=O) groups is 2. The third-order valence-electron chi connectivity index (χ3n) is 5.50. The highest BCUT2D eigenvalue weighted by molar-refractivity contribution is 7.92. The van der Waals surface area contributed by atoms with Crippen LogP contribution in [-0.2, 0) is 26.0 Å². The molecule has 0 aliphatic heterocycles. The first kappa shape index (κ1) is 23.9. The lowest BCUT2D eigenvalue weighted by molar-refractivity contribution is -0.137. The number of carboxylic acids is 1. The molecule has 0 spiro atoms. The maximum atomic E-state index is 12.9. The third-order valence-corrected chi connectivity index (χ3v) is 7.76. The van der Waals surface area contributed by atoms with Gasteiger partial charge in [0.25, 0.3) is 0 Å². The largest absolute Gasteiger partial charge is 0.478 e. The van der Waals surface area contributed by atoms with Crippen LogP contribution in [0.5, 0.6) is 0 Å². The van der Waals surface area contributed by atoms with E-state index in [4.69, 9.17) is 9.84 Å². The summed E-state index contributed by atoms with van der Waals surface area (Å²) in [6.45, 7) is 5.69. The third kappa shape index (κ3) is 5.75.